The van der Waals surface area contributed by atoms with E-state index < -0.39 is 20.5 Å². The molecule has 0 saturated heterocycles. The number of carbonyl (C=O) groups excluding carboxylic acids is 1. The van der Waals surface area contributed by atoms with Crippen LogP contribution in [0.1, 0.15) is 31.2 Å². The lowest BCUT2D eigenvalue weighted by Crippen LogP contribution is -2.20. The molecule has 3 rings (SSSR count). The van der Waals surface area contributed by atoms with Crippen LogP contribution in [0.3, 0.4) is 0 Å². The van der Waals surface area contributed by atoms with Crippen LogP contribution in [-0.4, -0.2) is 20.1 Å². The maximum absolute atomic E-state index is 12.9. The minimum Gasteiger partial charge on any atom is -0.380 e. The molecule has 0 atom stereocenters. The van der Waals surface area contributed by atoms with E-state index in [1.54, 1.807) is 24.3 Å². The van der Waals surface area contributed by atoms with E-state index in [4.69, 9.17) is 0 Å². The number of anilines is 2. The Hall–Kier alpha value is -2.48. The molecule has 1 aliphatic carbocycles. The third-order valence-electron chi connectivity index (χ3n) is 4.83. The number of para-hydroxylation sites is 1. The van der Waals surface area contributed by atoms with Crippen LogP contribution in [0.5, 0.6) is 0 Å². The number of hydrogen-bond acceptors (Lipinski definition) is 4. The summed E-state index contributed by atoms with van der Waals surface area (Å²) in [6.07, 6.45) is 3.96. The highest BCUT2D eigenvalue weighted by atomic mass is 32.2. The summed E-state index contributed by atoms with van der Waals surface area (Å²) in [5.74, 6) is -3.42. The Balaban J connectivity index is 1.70. The Bertz CT molecular complexity index is 942. The van der Waals surface area contributed by atoms with Crippen molar-refractivity contribution in [3.8, 4) is 0 Å². The van der Waals surface area contributed by atoms with Gasteiger partial charge in [-0.15, -0.1) is 0 Å². The lowest BCUT2D eigenvalue weighted by Gasteiger charge is -2.14. The topological polar surface area (TPSA) is 75.3 Å². The van der Waals surface area contributed by atoms with Gasteiger partial charge >= 0.3 is 5.76 Å². The molecule has 0 aromatic heterocycles. The largest absolute Gasteiger partial charge is 0.380 e. The molecule has 0 aliphatic heterocycles. The van der Waals surface area contributed by atoms with Crippen molar-refractivity contribution in [1.29, 1.82) is 0 Å². The van der Waals surface area contributed by atoms with Gasteiger partial charge in [-0.3, -0.25) is 4.79 Å². The summed E-state index contributed by atoms with van der Waals surface area (Å²) in [6.45, 7) is 0.225. The third kappa shape index (κ3) is 4.67. The summed E-state index contributed by atoms with van der Waals surface area (Å²) in [5, 5.41) is 5.81. The fraction of sp³-hybridized carbons (Fsp3) is 0.350. The molecule has 0 heterocycles. The summed E-state index contributed by atoms with van der Waals surface area (Å²) < 4.78 is 49.4. The predicted molar refractivity (Wildman–Crippen MR) is 104 cm³/mol. The molecule has 2 aromatic rings. The highest BCUT2D eigenvalue weighted by Crippen LogP contribution is 2.28. The molecule has 1 amide bonds. The molecule has 1 fully saturated rings. The summed E-state index contributed by atoms with van der Waals surface area (Å²) in [6, 6.07) is 12.7. The maximum Gasteiger partial charge on any atom is 0.341 e. The number of halogens is 2. The second-order valence-corrected chi connectivity index (χ2v) is 8.71. The fourth-order valence-corrected chi connectivity index (χ4v) is 4.25. The lowest BCUT2D eigenvalue weighted by atomic mass is 10.1. The van der Waals surface area contributed by atoms with Crippen LogP contribution < -0.4 is 10.6 Å². The van der Waals surface area contributed by atoms with Crippen molar-refractivity contribution in [1.82, 2.24) is 0 Å². The van der Waals surface area contributed by atoms with Gasteiger partial charge in [-0.05, 0) is 42.7 Å². The Kier molecular flexibility index (Phi) is 6.28. The summed E-state index contributed by atoms with van der Waals surface area (Å²) in [4.78, 5) is 11.8. The number of rotatable bonds is 7. The predicted octanol–water partition coefficient (Wildman–Crippen LogP) is 4.42. The van der Waals surface area contributed by atoms with Gasteiger partial charge in [0.05, 0.1) is 10.6 Å². The van der Waals surface area contributed by atoms with E-state index in [9.17, 15) is 22.0 Å². The van der Waals surface area contributed by atoms with Crippen molar-refractivity contribution in [3.05, 3.63) is 54.1 Å². The summed E-state index contributed by atoms with van der Waals surface area (Å²) >= 11 is 0. The van der Waals surface area contributed by atoms with Gasteiger partial charge in [0.2, 0.25) is 15.7 Å². The van der Waals surface area contributed by atoms with Crippen LogP contribution in [0.2, 0.25) is 0 Å². The van der Waals surface area contributed by atoms with Gasteiger partial charge in [-0.25, -0.2) is 8.42 Å². The molecular formula is C20H22F2N2O3S. The Morgan fingerprint density at radius 2 is 1.79 bits per heavy atom. The number of hydrogen-bond donors (Lipinski definition) is 2. The number of sulfone groups is 1. The van der Waals surface area contributed by atoms with E-state index in [1.165, 1.54) is 12.1 Å². The molecule has 150 valence electrons. The fourth-order valence-electron chi connectivity index (χ4n) is 3.35. The molecule has 5 nitrogen and oxygen atoms in total. The second-order valence-electron chi connectivity index (χ2n) is 6.83. The van der Waals surface area contributed by atoms with Gasteiger partial charge in [0, 0.05) is 18.2 Å². The first-order valence-corrected chi connectivity index (χ1v) is 10.7. The van der Waals surface area contributed by atoms with Crippen molar-refractivity contribution >= 4 is 27.1 Å². The quantitative estimate of drug-likeness (QED) is 0.711. The van der Waals surface area contributed by atoms with Gasteiger partial charge in [-0.1, -0.05) is 37.1 Å². The zero-order chi connectivity index (χ0) is 20.1. The highest BCUT2D eigenvalue weighted by molar-refractivity contribution is 7.91. The standard InChI is InChI=1S/C20H22F2N2O3S/c21-20(22)28(26,27)18-11-4-3-10-17(18)23-13-14-6-5-9-16(12-14)24-19(25)15-7-1-2-8-15/h3-6,9-12,15,20,23H,1-2,7-8,13H2,(H,24,25). The maximum atomic E-state index is 12.9. The minimum atomic E-state index is -4.70. The number of benzene rings is 2. The normalized spacial score (nSPS) is 15.0. The van der Waals surface area contributed by atoms with E-state index in [2.05, 4.69) is 10.6 Å². The van der Waals surface area contributed by atoms with E-state index in [-0.39, 0.29) is 24.1 Å². The number of nitrogens with one attached hydrogen (secondary N) is 2. The van der Waals surface area contributed by atoms with Gasteiger partial charge in [0.25, 0.3) is 0 Å². The van der Waals surface area contributed by atoms with E-state index >= 15 is 0 Å². The first kappa shape index (κ1) is 20.3. The molecule has 28 heavy (non-hydrogen) atoms. The molecule has 0 unspecified atom stereocenters. The van der Waals surface area contributed by atoms with Crippen molar-refractivity contribution in [2.45, 2.75) is 42.9 Å². The zero-order valence-electron chi connectivity index (χ0n) is 15.2. The first-order valence-electron chi connectivity index (χ1n) is 9.12. The van der Waals surface area contributed by atoms with Crippen molar-refractivity contribution in [2.24, 2.45) is 5.92 Å². The van der Waals surface area contributed by atoms with Gasteiger partial charge in [0.15, 0.2) is 0 Å². The van der Waals surface area contributed by atoms with Gasteiger partial charge in [0.1, 0.15) is 0 Å². The van der Waals surface area contributed by atoms with Crippen LogP contribution in [0.25, 0.3) is 0 Å². The Morgan fingerprint density at radius 1 is 1.07 bits per heavy atom. The van der Waals surface area contributed by atoms with Gasteiger partial charge in [-0.2, -0.15) is 8.78 Å². The molecule has 0 spiro atoms. The van der Waals surface area contributed by atoms with Crippen molar-refractivity contribution in [3.63, 3.8) is 0 Å². The molecule has 0 radical (unpaired) electrons. The highest BCUT2D eigenvalue weighted by Gasteiger charge is 2.29. The van der Waals surface area contributed by atoms with Crippen molar-refractivity contribution < 1.29 is 22.0 Å². The van der Waals surface area contributed by atoms with Gasteiger partial charge < -0.3 is 10.6 Å². The van der Waals surface area contributed by atoms with Crippen LogP contribution >= 0.6 is 0 Å². The molecular weight excluding hydrogens is 386 g/mol. The number of alkyl halides is 2. The van der Waals surface area contributed by atoms with Crippen LogP contribution in [-0.2, 0) is 21.2 Å². The average molecular weight is 408 g/mol. The minimum absolute atomic E-state index is 0.0102. The van der Waals surface area contributed by atoms with E-state index in [1.807, 2.05) is 6.07 Å². The molecule has 0 bridgehead atoms. The number of amides is 1. The van der Waals surface area contributed by atoms with Crippen LogP contribution in [0, 0.1) is 5.92 Å². The van der Waals surface area contributed by atoms with E-state index in [0.29, 0.717) is 5.69 Å². The van der Waals surface area contributed by atoms with Crippen LogP contribution in [0.4, 0.5) is 20.2 Å². The monoisotopic (exact) mass is 408 g/mol. The third-order valence-corrected chi connectivity index (χ3v) is 6.27. The first-order chi connectivity index (χ1) is 13.4. The SMILES string of the molecule is O=C(Nc1cccc(CNc2ccccc2S(=O)(=O)C(F)F)c1)C1CCCC1. The summed E-state index contributed by atoms with van der Waals surface area (Å²) in [7, 11) is -4.70. The molecule has 1 saturated carbocycles. The molecule has 2 N–H and O–H groups in total. The lowest BCUT2D eigenvalue weighted by molar-refractivity contribution is -0.119. The molecule has 2 aromatic carbocycles. The van der Waals surface area contributed by atoms with Crippen molar-refractivity contribution in [2.75, 3.05) is 10.6 Å². The smallest absolute Gasteiger partial charge is 0.341 e. The van der Waals surface area contributed by atoms with E-state index in [0.717, 1.165) is 37.3 Å². The average Bonchev–Trinajstić information content (AvgIpc) is 3.22. The number of carbonyl (C=O) groups is 1. The Labute approximate surface area is 163 Å². The molecule has 1 aliphatic rings. The zero-order valence-corrected chi connectivity index (χ0v) is 16.0. The molecule has 8 heteroatoms. The second kappa shape index (κ2) is 8.68. The van der Waals surface area contributed by atoms with Crippen LogP contribution in [0.15, 0.2) is 53.4 Å². The Morgan fingerprint density at radius 3 is 2.50 bits per heavy atom. The summed E-state index contributed by atoms with van der Waals surface area (Å²) in [5.41, 5.74) is 1.56.